The van der Waals surface area contributed by atoms with Crippen LogP contribution in [0, 0.1) is 46.8 Å². The molecule has 0 radical (unpaired) electrons. The van der Waals surface area contributed by atoms with Crippen LogP contribution in [0.5, 0.6) is 0 Å². The van der Waals surface area contributed by atoms with Crippen molar-refractivity contribution in [3.05, 3.63) is 57.5 Å². The van der Waals surface area contributed by atoms with Gasteiger partial charge in [0.15, 0.2) is 11.5 Å². The number of nitrogens with two attached hydrogens (primary N) is 1. The van der Waals surface area contributed by atoms with Gasteiger partial charge >= 0.3 is 11.8 Å². The second-order valence-corrected chi connectivity index (χ2v) is 21.9. The highest BCUT2D eigenvalue weighted by Crippen LogP contribution is 2.63. The van der Waals surface area contributed by atoms with Gasteiger partial charge in [-0.3, -0.25) is 9.36 Å². The summed E-state index contributed by atoms with van der Waals surface area (Å²) in [5.41, 5.74) is 10.0. The zero-order valence-electron chi connectivity index (χ0n) is 42.4. The maximum absolute atomic E-state index is 12.8. The number of carbonyl (C=O) groups excluding carboxylic acids is 2. The second-order valence-electron chi connectivity index (χ2n) is 21.9. The van der Waals surface area contributed by atoms with Crippen molar-refractivity contribution in [1.82, 2.24) is 35.5 Å². The van der Waals surface area contributed by atoms with Crippen molar-refractivity contribution >= 4 is 34.9 Å². The summed E-state index contributed by atoms with van der Waals surface area (Å²) in [6, 6.07) is 7.31. The van der Waals surface area contributed by atoms with Crippen LogP contribution in [-0.2, 0) is 11.3 Å². The predicted molar refractivity (Wildman–Crippen MR) is 276 cm³/mol. The summed E-state index contributed by atoms with van der Waals surface area (Å²) in [5.74, 6) is 6.70. The van der Waals surface area contributed by atoms with E-state index in [1.165, 1.54) is 68.8 Å². The van der Waals surface area contributed by atoms with Gasteiger partial charge in [0.2, 0.25) is 5.95 Å². The summed E-state index contributed by atoms with van der Waals surface area (Å²) in [7, 11) is 0. The summed E-state index contributed by atoms with van der Waals surface area (Å²) in [4.78, 5) is 50.0. The first-order chi connectivity index (χ1) is 32.9. The number of nitrogens with one attached hydrogen (secondary N) is 5. The average Bonchev–Trinajstić information content (AvgIpc) is 3.90. The molecule has 7 N–H and O–H groups in total. The number of H-pyrrole nitrogens is 1. The Morgan fingerprint density at radius 2 is 1.57 bits per heavy atom. The lowest BCUT2D eigenvalue weighted by molar-refractivity contribution is -0.0182. The Labute approximate surface area is 407 Å². The van der Waals surface area contributed by atoms with Crippen LogP contribution >= 0.6 is 0 Å². The largest absolute Gasteiger partial charge is 0.446 e. The van der Waals surface area contributed by atoms with Crippen LogP contribution in [0.4, 0.5) is 16.6 Å². The minimum atomic E-state index is -0.313. The highest BCUT2D eigenvalue weighted by Gasteiger charge is 2.54. The molecule has 13 nitrogen and oxygen atoms in total. The van der Waals surface area contributed by atoms with Gasteiger partial charge in [-0.15, -0.1) is 0 Å². The first-order valence-corrected chi connectivity index (χ1v) is 27.2. The lowest BCUT2D eigenvalue weighted by Crippen LogP contribution is -2.48. The Hall–Kier alpha value is -4.39. The normalized spacial score (nSPS) is 24.8. The Kier molecular flexibility index (Phi) is 18.9. The monoisotopic (exact) mass is 938 g/mol. The lowest BCUT2D eigenvalue weighted by atomic mass is 9.50. The third-order valence-corrected chi connectivity index (χ3v) is 16.8. The number of benzene rings is 1. The number of ether oxygens (including phenoxy) is 1. The summed E-state index contributed by atoms with van der Waals surface area (Å²) in [6.07, 6.45) is 26.1. The number of hydrogen-bond donors (Lipinski definition) is 6. The van der Waals surface area contributed by atoms with Crippen LogP contribution in [0.25, 0.3) is 11.2 Å². The van der Waals surface area contributed by atoms with E-state index in [9.17, 15) is 14.4 Å². The topological polar surface area (TPSA) is 181 Å². The fourth-order valence-electron chi connectivity index (χ4n) is 12.9. The third kappa shape index (κ3) is 13.3. The molecule has 8 atom stereocenters. The molecule has 0 bridgehead atoms. The molecule has 4 aliphatic carbocycles. The van der Waals surface area contributed by atoms with Gasteiger partial charge in [0, 0.05) is 31.6 Å². The number of fused-ring (bicyclic) bond motifs is 6. The molecule has 3 aromatic rings. The molecular formula is C55H87N9O4. The summed E-state index contributed by atoms with van der Waals surface area (Å²) >= 11 is 0. The number of alkyl carbamates (subject to hydrolysis) is 1. The summed E-state index contributed by atoms with van der Waals surface area (Å²) in [6.45, 7) is 16.1. The number of rotatable bonds is 26. The summed E-state index contributed by atoms with van der Waals surface area (Å²) in [5, 5.41) is 12.8. The van der Waals surface area contributed by atoms with E-state index in [0.717, 1.165) is 131 Å². The minimum absolute atomic E-state index is 0.00467. The van der Waals surface area contributed by atoms with Crippen molar-refractivity contribution in [3.8, 4) is 0 Å². The number of nitrogens with zero attached hydrogens (tertiary/aromatic N) is 3. The molecule has 0 spiro atoms. The molecule has 0 saturated heterocycles. The molecule has 7 rings (SSSR count). The molecule has 1 aromatic carbocycles. The van der Waals surface area contributed by atoms with E-state index >= 15 is 0 Å². The zero-order chi connectivity index (χ0) is 48.0. The van der Waals surface area contributed by atoms with Gasteiger partial charge in [-0.25, -0.2) is 9.59 Å². The van der Waals surface area contributed by atoms with Crippen molar-refractivity contribution < 1.29 is 14.3 Å². The average molecular weight is 938 g/mol. The Balaban J connectivity index is 0.691. The molecule has 13 heteroatoms. The molecule has 2 aromatic heterocycles. The number of carbonyl (C=O) groups is 2. The van der Waals surface area contributed by atoms with E-state index in [4.69, 9.17) is 10.5 Å². The van der Waals surface area contributed by atoms with Gasteiger partial charge in [-0.1, -0.05) is 110 Å². The number of unbranched alkanes of at least 4 members (excludes halogenated alkanes) is 6. The second kappa shape index (κ2) is 24.9. The standard InChI is InChI=1S/C55H87N9O4/c1-6-7-32-59-52-62-49(56)48-50(63-52)64(53(66)61-48)36-39-18-20-40(21-19-39)51(65)58-33-13-11-9-8-10-12-30-57-31-15-34-60-54(67)68-42-28-29-55(5)41(35-42)22-23-46-45-25-24-43(44(45)26-27-47(46)55)38(4)17-14-16-37(2)3/h18-22,37-38,42-47,57H,6-17,23-36H2,1-5H3,(H,58,65)(H,60,67)(H,61,66)(H3,56,59,62,63)/t38-,42+,43-,44-,45-,46+,47+,55+/m1/s1. The minimum Gasteiger partial charge on any atom is -0.446 e. The van der Waals surface area contributed by atoms with E-state index in [-0.39, 0.29) is 41.6 Å². The number of anilines is 2. The number of hydrogen-bond acceptors (Lipinski definition) is 9. The Morgan fingerprint density at radius 3 is 2.35 bits per heavy atom. The number of aromatic nitrogens is 4. The number of nitrogen functional groups attached to an aromatic ring is 1. The Bertz CT molecular complexity index is 2170. The van der Waals surface area contributed by atoms with Crippen LogP contribution in [0.1, 0.15) is 179 Å². The third-order valence-electron chi connectivity index (χ3n) is 16.8. The first kappa shape index (κ1) is 51.5. The van der Waals surface area contributed by atoms with Gasteiger partial charge in [0.1, 0.15) is 11.6 Å². The smallest absolute Gasteiger partial charge is 0.407 e. The fourth-order valence-corrected chi connectivity index (χ4v) is 12.9. The molecule has 0 unspecified atom stereocenters. The van der Waals surface area contributed by atoms with Crippen LogP contribution in [0.2, 0.25) is 0 Å². The lowest BCUT2D eigenvalue weighted by Gasteiger charge is -2.55. The quantitative estimate of drug-likeness (QED) is 0.0337. The molecule has 2 amide bonds. The molecule has 0 aliphatic heterocycles. The van der Waals surface area contributed by atoms with Gasteiger partial charge < -0.3 is 36.7 Å². The van der Waals surface area contributed by atoms with Crippen molar-refractivity contribution in [2.24, 2.45) is 46.8 Å². The van der Waals surface area contributed by atoms with Gasteiger partial charge in [0.25, 0.3) is 5.91 Å². The van der Waals surface area contributed by atoms with E-state index in [1.54, 1.807) is 17.7 Å². The highest BCUT2D eigenvalue weighted by atomic mass is 16.6. The van der Waals surface area contributed by atoms with E-state index in [2.05, 4.69) is 76.9 Å². The summed E-state index contributed by atoms with van der Waals surface area (Å²) < 4.78 is 7.55. The number of aromatic amines is 1. The maximum atomic E-state index is 12.8. The van der Waals surface area contributed by atoms with Crippen molar-refractivity contribution in [3.63, 3.8) is 0 Å². The van der Waals surface area contributed by atoms with Crippen LogP contribution in [0.3, 0.4) is 0 Å². The Morgan fingerprint density at radius 1 is 0.838 bits per heavy atom. The highest BCUT2D eigenvalue weighted by molar-refractivity contribution is 5.94. The number of allylic oxidation sites excluding steroid dienone is 1. The maximum Gasteiger partial charge on any atom is 0.407 e. The molecule has 3 fully saturated rings. The van der Waals surface area contributed by atoms with E-state index in [0.29, 0.717) is 35.8 Å². The predicted octanol–water partition coefficient (Wildman–Crippen LogP) is 10.8. The van der Waals surface area contributed by atoms with Gasteiger partial charge in [-0.05, 0) is 148 Å². The number of amides is 2. The fraction of sp³-hybridized carbons (Fsp3) is 0.727. The van der Waals surface area contributed by atoms with Crippen LogP contribution in [-0.4, -0.2) is 70.3 Å². The van der Waals surface area contributed by atoms with Crippen molar-refractivity contribution in [1.29, 1.82) is 0 Å². The molecule has 68 heavy (non-hydrogen) atoms. The first-order valence-electron chi connectivity index (χ1n) is 27.2. The molecule has 2 heterocycles. The van der Waals surface area contributed by atoms with Gasteiger partial charge in [-0.2, -0.15) is 9.97 Å². The SMILES string of the molecule is CCCCNc1nc(N)c2[nH]c(=O)n(Cc3ccc(C(=O)NCCCCCCCCNCCCNC(=O)O[C@H]4CC[C@@]5(C)C(=CC[C@H]6[C@@H]7CC[C@H]([C@H](C)CCCC(C)C)[C@H]7CC[C@@H]65)C4)cc3)c2n1. The molecule has 3 saturated carbocycles. The van der Waals surface area contributed by atoms with Crippen molar-refractivity contribution in [2.75, 3.05) is 43.8 Å². The van der Waals surface area contributed by atoms with E-state index < -0.39 is 0 Å². The van der Waals surface area contributed by atoms with Crippen LogP contribution < -0.4 is 32.7 Å². The van der Waals surface area contributed by atoms with Crippen LogP contribution in [0.15, 0.2) is 40.7 Å². The van der Waals surface area contributed by atoms with Gasteiger partial charge in [0.05, 0.1) is 6.54 Å². The van der Waals surface area contributed by atoms with Crippen molar-refractivity contribution in [2.45, 2.75) is 176 Å². The molecule has 376 valence electrons. The molecular weight excluding hydrogens is 851 g/mol. The van der Waals surface area contributed by atoms with E-state index in [1.807, 2.05) is 12.1 Å². The molecule has 4 aliphatic rings. The zero-order valence-corrected chi connectivity index (χ0v) is 42.4. The number of imidazole rings is 1.